The fourth-order valence-electron chi connectivity index (χ4n) is 2.48. The standard InChI is InChI=1S/C16H19ClN2O5/c1-9(16(22)23)7-18-15(21)10-5-14(20)19(8-10)12-6-11(17)3-4-13(12)24-2/h3-4,6,9-10H,5,7-8H2,1-2H3,(H,18,21)(H,22,23). The summed E-state index contributed by atoms with van der Waals surface area (Å²) in [6.07, 6.45) is 0.0585. The molecule has 2 unspecified atom stereocenters. The molecular weight excluding hydrogens is 336 g/mol. The van der Waals surface area contributed by atoms with Gasteiger partial charge in [0, 0.05) is 24.5 Å². The first-order valence-corrected chi connectivity index (χ1v) is 7.85. The van der Waals surface area contributed by atoms with Crippen molar-refractivity contribution in [2.24, 2.45) is 11.8 Å². The zero-order valence-electron chi connectivity index (χ0n) is 13.4. The van der Waals surface area contributed by atoms with E-state index in [1.54, 1.807) is 18.2 Å². The number of anilines is 1. The quantitative estimate of drug-likeness (QED) is 0.807. The predicted octanol–water partition coefficient (Wildman–Crippen LogP) is 1.54. The van der Waals surface area contributed by atoms with Gasteiger partial charge in [0.05, 0.1) is 24.6 Å². The van der Waals surface area contributed by atoms with Crippen LogP contribution in [0, 0.1) is 11.8 Å². The Bertz CT molecular complexity index is 664. The van der Waals surface area contributed by atoms with Crippen molar-refractivity contribution in [2.45, 2.75) is 13.3 Å². The summed E-state index contributed by atoms with van der Waals surface area (Å²) in [5, 5.41) is 11.9. The Hall–Kier alpha value is -2.28. The molecule has 0 radical (unpaired) electrons. The number of halogens is 1. The number of carboxylic acids is 1. The van der Waals surface area contributed by atoms with Gasteiger partial charge in [-0.15, -0.1) is 0 Å². The third-order valence-electron chi connectivity index (χ3n) is 3.93. The molecule has 7 nitrogen and oxygen atoms in total. The number of carbonyl (C=O) groups is 3. The number of methoxy groups -OCH3 is 1. The maximum atomic E-state index is 12.3. The van der Waals surface area contributed by atoms with Crippen LogP contribution in [0.3, 0.4) is 0 Å². The number of rotatable bonds is 6. The highest BCUT2D eigenvalue weighted by Crippen LogP contribution is 2.35. The second kappa shape index (κ2) is 7.53. The Morgan fingerprint density at radius 3 is 2.83 bits per heavy atom. The van der Waals surface area contributed by atoms with Gasteiger partial charge in [-0.25, -0.2) is 0 Å². The van der Waals surface area contributed by atoms with Gasteiger partial charge in [-0.1, -0.05) is 18.5 Å². The second-order valence-electron chi connectivity index (χ2n) is 5.71. The summed E-state index contributed by atoms with van der Waals surface area (Å²) >= 11 is 5.98. The van der Waals surface area contributed by atoms with Gasteiger partial charge in [0.15, 0.2) is 0 Å². The van der Waals surface area contributed by atoms with Gasteiger partial charge in [0.2, 0.25) is 11.8 Å². The molecule has 2 atom stereocenters. The van der Waals surface area contributed by atoms with Gasteiger partial charge >= 0.3 is 5.97 Å². The second-order valence-corrected chi connectivity index (χ2v) is 6.14. The normalized spacial score (nSPS) is 18.4. The van der Waals surface area contributed by atoms with Gasteiger partial charge in [0.25, 0.3) is 0 Å². The molecule has 0 saturated carbocycles. The van der Waals surface area contributed by atoms with Crippen LogP contribution in [-0.4, -0.2) is 43.1 Å². The van der Waals surface area contributed by atoms with Crippen LogP contribution in [-0.2, 0) is 14.4 Å². The average molecular weight is 355 g/mol. The molecule has 8 heteroatoms. The summed E-state index contributed by atoms with van der Waals surface area (Å²) in [4.78, 5) is 36.7. The highest BCUT2D eigenvalue weighted by atomic mass is 35.5. The summed E-state index contributed by atoms with van der Waals surface area (Å²) in [5.74, 6) is -2.25. The number of hydrogen-bond donors (Lipinski definition) is 2. The summed E-state index contributed by atoms with van der Waals surface area (Å²) in [5.41, 5.74) is 0.518. The molecule has 1 aliphatic heterocycles. The minimum absolute atomic E-state index is 0.0271. The van der Waals surface area contributed by atoms with Crippen LogP contribution in [0.4, 0.5) is 5.69 Å². The van der Waals surface area contributed by atoms with E-state index < -0.39 is 17.8 Å². The summed E-state index contributed by atoms with van der Waals surface area (Å²) in [7, 11) is 1.49. The number of amides is 2. The largest absolute Gasteiger partial charge is 0.495 e. The van der Waals surface area contributed by atoms with Crippen LogP contribution in [0.5, 0.6) is 5.75 Å². The third kappa shape index (κ3) is 3.97. The fraction of sp³-hybridized carbons (Fsp3) is 0.438. The van der Waals surface area contributed by atoms with Crippen molar-refractivity contribution in [3.63, 3.8) is 0 Å². The van der Waals surface area contributed by atoms with Crippen molar-refractivity contribution in [1.82, 2.24) is 5.32 Å². The van der Waals surface area contributed by atoms with Gasteiger partial charge in [-0.2, -0.15) is 0 Å². The van der Waals surface area contributed by atoms with E-state index in [4.69, 9.17) is 21.4 Å². The van der Waals surface area contributed by atoms with Crippen molar-refractivity contribution in [3.05, 3.63) is 23.2 Å². The number of benzene rings is 1. The topological polar surface area (TPSA) is 95.9 Å². The van der Waals surface area contributed by atoms with Gasteiger partial charge in [-0.3, -0.25) is 14.4 Å². The minimum Gasteiger partial charge on any atom is -0.495 e. The third-order valence-corrected chi connectivity index (χ3v) is 4.17. The van der Waals surface area contributed by atoms with E-state index in [1.165, 1.54) is 18.9 Å². The van der Waals surface area contributed by atoms with Crippen LogP contribution < -0.4 is 15.0 Å². The zero-order chi connectivity index (χ0) is 17.9. The van der Waals surface area contributed by atoms with E-state index >= 15 is 0 Å². The lowest BCUT2D eigenvalue weighted by Crippen LogP contribution is -2.37. The van der Waals surface area contributed by atoms with Gasteiger partial charge in [-0.05, 0) is 18.2 Å². The lowest BCUT2D eigenvalue weighted by atomic mass is 10.1. The van der Waals surface area contributed by atoms with Gasteiger partial charge in [0.1, 0.15) is 5.75 Å². The number of carbonyl (C=O) groups excluding carboxylic acids is 2. The Labute approximate surface area is 144 Å². The molecule has 1 aromatic carbocycles. The lowest BCUT2D eigenvalue weighted by molar-refractivity contribution is -0.141. The number of hydrogen-bond acceptors (Lipinski definition) is 4. The molecule has 0 spiro atoms. The molecule has 0 bridgehead atoms. The Kier molecular flexibility index (Phi) is 5.66. The smallest absolute Gasteiger partial charge is 0.308 e. The van der Waals surface area contributed by atoms with Crippen LogP contribution >= 0.6 is 11.6 Å². The number of nitrogens with one attached hydrogen (secondary N) is 1. The van der Waals surface area contributed by atoms with Crippen LogP contribution in [0.15, 0.2) is 18.2 Å². The Morgan fingerprint density at radius 2 is 2.21 bits per heavy atom. The fourth-order valence-corrected chi connectivity index (χ4v) is 2.64. The van der Waals surface area contributed by atoms with Crippen LogP contribution in [0.25, 0.3) is 0 Å². The summed E-state index contributed by atoms with van der Waals surface area (Å²) in [6.45, 7) is 1.73. The molecule has 0 aromatic heterocycles. The molecule has 2 amide bonds. The van der Waals surface area contributed by atoms with E-state index in [1.807, 2.05) is 0 Å². The zero-order valence-corrected chi connectivity index (χ0v) is 14.2. The molecular formula is C16H19ClN2O5. The molecule has 24 heavy (non-hydrogen) atoms. The van der Waals surface area contributed by atoms with Crippen molar-refractivity contribution >= 4 is 35.1 Å². The van der Waals surface area contributed by atoms with E-state index in [9.17, 15) is 14.4 Å². The molecule has 1 aliphatic rings. The molecule has 1 heterocycles. The first-order valence-electron chi connectivity index (χ1n) is 7.48. The molecule has 1 saturated heterocycles. The maximum Gasteiger partial charge on any atom is 0.308 e. The molecule has 0 aliphatic carbocycles. The minimum atomic E-state index is -0.983. The number of aliphatic carboxylic acids is 1. The molecule has 2 N–H and O–H groups in total. The number of carboxylic acid groups (broad SMARTS) is 1. The highest BCUT2D eigenvalue weighted by Gasteiger charge is 2.36. The van der Waals surface area contributed by atoms with Crippen LogP contribution in [0.2, 0.25) is 5.02 Å². The number of ether oxygens (including phenoxy) is 1. The monoisotopic (exact) mass is 354 g/mol. The predicted molar refractivity (Wildman–Crippen MR) is 88.3 cm³/mol. The van der Waals surface area contributed by atoms with Crippen molar-refractivity contribution < 1.29 is 24.2 Å². The first kappa shape index (κ1) is 18.1. The Balaban J connectivity index is 2.07. The molecule has 1 fully saturated rings. The summed E-state index contributed by atoms with van der Waals surface area (Å²) < 4.78 is 5.24. The first-order chi connectivity index (χ1) is 11.3. The molecule has 2 rings (SSSR count). The number of nitrogens with zero attached hydrogens (tertiary/aromatic N) is 1. The van der Waals surface area contributed by atoms with E-state index in [0.29, 0.717) is 16.5 Å². The molecule has 130 valence electrons. The molecule has 1 aromatic rings. The van der Waals surface area contributed by atoms with Crippen LogP contribution in [0.1, 0.15) is 13.3 Å². The van der Waals surface area contributed by atoms with E-state index in [2.05, 4.69) is 5.32 Å². The van der Waals surface area contributed by atoms with Crippen molar-refractivity contribution in [2.75, 3.05) is 25.1 Å². The van der Waals surface area contributed by atoms with E-state index in [0.717, 1.165) is 0 Å². The van der Waals surface area contributed by atoms with E-state index in [-0.39, 0.29) is 31.3 Å². The van der Waals surface area contributed by atoms with Crippen molar-refractivity contribution in [1.29, 1.82) is 0 Å². The Morgan fingerprint density at radius 1 is 1.50 bits per heavy atom. The average Bonchev–Trinajstić information content (AvgIpc) is 2.93. The maximum absolute atomic E-state index is 12.3. The summed E-state index contributed by atoms with van der Waals surface area (Å²) in [6, 6.07) is 4.93. The van der Waals surface area contributed by atoms with Gasteiger partial charge < -0.3 is 20.1 Å². The lowest BCUT2D eigenvalue weighted by Gasteiger charge is -2.20. The SMILES string of the molecule is COc1ccc(Cl)cc1N1CC(C(=O)NCC(C)C(=O)O)CC1=O. The van der Waals surface area contributed by atoms with Crippen molar-refractivity contribution in [3.8, 4) is 5.75 Å². The highest BCUT2D eigenvalue weighted by molar-refractivity contribution is 6.31.